The molecular formula is C14H13OS. The van der Waals surface area contributed by atoms with Gasteiger partial charge in [-0.15, -0.1) is 11.8 Å². The molecule has 2 heteroatoms. The maximum atomic E-state index is 5.47. The Bertz CT molecular complexity index is 358. The van der Waals surface area contributed by atoms with Gasteiger partial charge in [0.05, 0.1) is 0 Å². The lowest BCUT2D eigenvalue weighted by Crippen LogP contribution is -1.86. The first-order valence-corrected chi connectivity index (χ1v) is 6.19. The van der Waals surface area contributed by atoms with Gasteiger partial charge in [-0.05, 0) is 17.7 Å². The molecule has 0 saturated heterocycles. The van der Waals surface area contributed by atoms with Crippen LogP contribution in [0.1, 0.15) is 5.56 Å². The Morgan fingerprint density at radius 2 is 1.50 bits per heavy atom. The van der Waals surface area contributed by atoms with E-state index in [9.17, 15) is 0 Å². The van der Waals surface area contributed by atoms with E-state index in [1.807, 2.05) is 48.5 Å². The molecule has 0 aliphatic heterocycles. The molecule has 2 aromatic carbocycles. The fourth-order valence-electron chi connectivity index (χ4n) is 1.29. The molecule has 16 heavy (non-hydrogen) atoms. The standard InChI is InChI=1S/C14H13OS/c1-3-7-13(8-4-1)11-16-12-15-14-9-5-2-6-10-14/h1-10,12H,11H2. The summed E-state index contributed by atoms with van der Waals surface area (Å²) < 4.78 is 5.47. The van der Waals surface area contributed by atoms with Gasteiger partial charge in [-0.2, -0.15) is 0 Å². The topological polar surface area (TPSA) is 9.23 Å². The summed E-state index contributed by atoms with van der Waals surface area (Å²) in [4.78, 5) is 0. The number of para-hydroxylation sites is 1. The van der Waals surface area contributed by atoms with Gasteiger partial charge in [-0.1, -0.05) is 48.5 Å². The summed E-state index contributed by atoms with van der Waals surface area (Å²) in [6, 6.07) is 20.1. The average Bonchev–Trinajstić information content (AvgIpc) is 2.37. The highest BCUT2D eigenvalue weighted by Gasteiger charge is 1.94. The van der Waals surface area contributed by atoms with E-state index in [0.717, 1.165) is 11.5 Å². The summed E-state index contributed by atoms with van der Waals surface area (Å²) in [6.45, 7) is 0. The van der Waals surface area contributed by atoms with Crippen molar-refractivity contribution in [2.24, 2.45) is 0 Å². The van der Waals surface area contributed by atoms with Gasteiger partial charge in [-0.3, -0.25) is 0 Å². The summed E-state index contributed by atoms with van der Waals surface area (Å²) in [5.74, 6) is 3.60. The highest BCUT2D eigenvalue weighted by Crippen LogP contribution is 2.18. The molecule has 0 N–H and O–H groups in total. The molecule has 0 unspecified atom stereocenters. The lowest BCUT2D eigenvalue weighted by Gasteiger charge is -2.04. The molecule has 81 valence electrons. The first-order valence-electron chi connectivity index (χ1n) is 5.14. The van der Waals surface area contributed by atoms with Crippen molar-refractivity contribution < 1.29 is 4.74 Å². The van der Waals surface area contributed by atoms with Gasteiger partial charge < -0.3 is 4.74 Å². The Hall–Kier alpha value is -1.41. The highest BCUT2D eigenvalue weighted by molar-refractivity contribution is 8.00. The minimum absolute atomic E-state index is 0.878. The van der Waals surface area contributed by atoms with Crippen molar-refractivity contribution in [3.63, 3.8) is 0 Å². The summed E-state index contributed by atoms with van der Waals surface area (Å²) in [6.07, 6.45) is 0. The normalized spacial score (nSPS) is 10.0. The van der Waals surface area contributed by atoms with Crippen molar-refractivity contribution in [1.82, 2.24) is 0 Å². The largest absolute Gasteiger partial charge is 0.475 e. The van der Waals surface area contributed by atoms with Crippen molar-refractivity contribution in [2.75, 3.05) is 0 Å². The summed E-state index contributed by atoms with van der Waals surface area (Å²) >= 11 is 1.65. The molecular weight excluding hydrogens is 216 g/mol. The fourth-order valence-corrected chi connectivity index (χ4v) is 1.93. The van der Waals surface area contributed by atoms with Crippen LogP contribution in [0.2, 0.25) is 0 Å². The number of ether oxygens (including phenoxy) is 1. The first-order chi connectivity index (χ1) is 7.95. The van der Waals surface area contributed by atoms with Crippen molar-refractivity contribution in [3.05, 3.63) is 72.2 Å². The quantitative estimate of drug-likeness (QED) is 0.713. The van der Waals surface area contributed by atoms with Gasteiger partial charge in [0.2, 0.25) is 0 Å². The SMILES string of the molecule is [CH](Oc1ccccc1)SCc1ccccc1. The molecule has 0 spiro atoms. The summed E-state index contributed by atoms with van der Waals surface area (Å²) in [5, 5.41) is 0. The lowest BCUT2D eigenvalue weighted by atomic mass is 10.2. The molecule has 0 atom stereocenters. The van der Waals surface area contributed by atoms with Crippen LogP contribution >= 0.6 is 11.8 Å². The smallest absolute Gasteiger partial charge is 0.191 e. The van der Waals surface area contributed by atoms with E-state index >= 15 is 0 Å². The second-order valence-corrected chi connectivity index (χ2v) is 4.14. The maximum Gasteiger partial charge on any atom is 0.191 e. The number of benzene rings is 2. The van der Waals surface area contributed by atoms with Gasteiger partial charge in [-0.25, -0.2) is 0 Å². The number of rotatable bonds is 5. The predicted octanol–water partition coefficient (Wildman–Crippen LogP) is 4.12. The molecule has 1 radical (unpaired) electrons. The molecule has 2 aromatic rings. The fraction of sp³-hybridized carbons (Fsp3) is 0.0714. The van der Waals surface area contributed by atoms with Crippen molar-refractivity contribution in [1.29, 1.82) is 0 Å². The third-order valence-corrected chi connectivity index (χ3v) is 2.82. The van der Waals surface area contributed by atoms with E-state index in [-0.39, 0.29) is 0 Å². The average molecular weight is 229 g/mol. The van der Waals surface area contributed by atoms with Crippen molar-refractivity contribution in [3.8, 4) is 5.75 Å². The molecule has 0 amide bonds. The van der Waals surface area contributed by atoms with Crippen molar-refractivity contribution in [2.45, 2.75) is 5.75 Å². The lowest BCUT2D eigenvalue weighted by molar-refractivity contribution is 0.457. The Morgan fingerprint density at radius 1 is 0.875 bits per heavy atom. The van der Waals surface area contributed by atoms with Gasteiger partial charge in [0.15, 0.2) is 5.94 Å². The van der Waals surface area contributed by atoms with Gasteiger partial charge >= 0.3 is 0 Å². The second-order valence-electron chi connectivity index (χ2n) is 3.32. The zero-order chi connectivity index (χ0) is 11.1. The van der Waals surface area contributed by atoms with Crippen LogP contribution in [0, 0.1) is 5.94 Å². The maximum absolute atomic E-state index is 5.47. The van der Waals surface area contributed by atoms with Crippen LogP contribution in [0.4, 0.5) is 0 Å². The van der Waals surface area contributed by atoms with Crippen molar-refractivity contribution >= 4 is 11.8 Å². The summed E-state index contributed by atoms with van der Waals surface area (Å²) in [7, 11) is 0. The van der Waals surface area contributed by atoms with Crippen LogP contribution < -0.4 is 4.74 Å². The van der Waals surface area contributed by atoms with Crippen LogP contribution in [-0.2, 0) is 5.75 Å². The van der Waals surface area contributed by atoms with Crippen LogP contribution in [0.5, 0.6) is 5.75 Å². The van der Waals surface area contributed by atoms with Crippen LogP contribution in [-0.4, -0.2) is 0 Å². The zero-order valence-electron chi connectivity index (χ0n) is 8.87. The highest BCUT2D eigenvalue weighted by atomic mass is 32.2. The number of hydrogen-bond acceptors (Lipinski definition) is 2. The van der Waals surface area contributed by atoms with E-state index in [0.29, 0.717) is 0 Å². The first kappa shape index (κ1) is 11.1. The zero-order valence-corrected chi connectivity index (χ0v) is 9.69. The van der Waals surface area contributed by atoms with E-state index in [1.165, 1.54) is 5.56 Å². The minimum Gasteiger partial charge on any atom is -0.475 e. The third-order valence-electron chi connectivity index (χ3n) is 2.09. The molecule has 0 fully saturated rings. The summed E-state index contributed by atoms with van der Waals surface area (Å²) in [5.41, 5.74) is 1.31. The molecule has 1 nitrogen and oxygen atoms in total. The molecule has 0 aromatic heterocycles. The molecule has 0 aliphatic carbocycles. The number of hydrogen-bond donors (Lipinski definition) is 0. The monoisotopic (exact) mass is 229 g/mol. The molecule has 0 aliphatic rings. The molecule has 0 bridgehead atoms. The van der Waals surface area contributed by atoms with Gasteiger partial charge in [0, 0.05) is 5.75 Å². The van der Waals surface area contributed by atoms with E-state index in [2.05, 4.69) is 12.1 Å². The molecule has 0 heterocycles. The van der Waals surface area contributed by atoms with Gasteiger partial charge in [0.25, 0.3) is 0 Å². The van der Waals surface area contributed by atoms with Gasteiger partial charge in [0.1, 0.15) is 5.75 Å². The third kappa shape index (κ3) is 3.63. The second kappa shape index (κ2) is 6.23. The predicted molar refractivity (Wildman–Crippen MR) is 69.1 cm³/mol. The molecule has 0 saturated carbocycles. The number of thioether (sulfide) groups is 1. The van der Waals surface area contributed by atoms with Crippen LogP contribution in [0.15, 0.2) is 60.7 Å². The van der Waals surface area contributed by atoms with Crippen LogP contribution in [0.25, 0.3) is 0 Å². The Morgan fingerprint density at radius 3 is 2.19 bits per heavy atom. The Kier molecular flexibility index (Phi) is 4.32. The molecule has 2 rings (SSSR count). The van der Waals surface area contributed by atoms with E-state index < -0.39 is 0 Å². The van der Waals surface area contributed by atoms with E-state index in [4.69, 9.17) is 4.74 Å². The Labute approximate surface area is 100 Å². The minimum atomic E-state index is 0.878. The van der Waals surface area contributed by atoms with Crippen LogP contribution in [0.3, 0.4) is 0 Å². The van der Waals surface area contributed by atoms with E-state index in [1.54, 1.807) is 17.7 Å². The Balaban J connectivity index is 1.70.